The highest BCUT2D eigenvalue weighted by molar-refractivity contribution is 5.94. The van der Waals surface area contributed by atoms with Crippen molar-refractivity contribution in [2.45, 2.75) is 26.1 Å². The Labute approximate surface area is 122 Å². The van der Waals surface area contributed by atoms with Gasteiger partial charge in [-0.3, -0.25) is 4.79 Å². The molecule has 2 aromatic rings. The van der Waals surface area contributed by atoms with Crippen LogP contribution in [-0.2, 0) is 17.9 Å². The molecule has 21 heavy (non-hydrogen) atoms. The Morgan fingerprint density at radius 3 is 2.95 bits per heavy atom. The van der Waals surface area contributed by atoms with Gasteiger partial charge in [-0.25, -0.2) is 4.98 Å². The number of fused-ring (bicyclic) bond motifs is 1. The molecule has 7 heteroatoms. The Balaban J connectivity index is 1.86. The van der Waals surface area contributed by atoms with Crippen molar-refractivity contribution in [1.82, 2.24) is 24.6 Å². The lowest BCUT2D eigenvalue weighted by Crippen LogP contribution is -2.41. The third kappa shape index (κ3) is 2.40. The fraction of sp³-hybridized carbons (Fsp3) is 0.429. The first-order valence-electron chi connectivity index (χ1n) is 6.83. The second-order valence-electron chi connectivity index (χ2n) is 5.00. The van der Waals surface area contributed by atoms with Gasteiger partial charge in [0, 0.05) is 20.2 Å². The van der Waals surface area contributed by atoms with Crippen molar-refractivity contribution in [2.75, 3.05) is 13.7 Å². The van der Waals surface area contributed by atoms with E-state index in [9.17, 15) is 4.79 Å². The van der Waals surface area contributed by atoms with Gasteiger partial charge in [-0.05, 0) is 13.0 Å². The largest absolute Gasteiger partial charge is 0.378 e. The molecule has 0 fully saturated rings. The number of rotatable bonds is 3. The van der Waals surface area contributed by atoms with Gasteiger partial charge in [0.1, 0.15) is 5.82 Å². The Kier molecular flexibility index (Phi) is 3.66. The smallest absolute Gasteiger partial charge is 0.256 e. The summed E-state index contributed by atoms with van der Waals surface area (Å²) in [6.45, 7) is 3.88. The molecule has 3 rings (SSSR count). The fourth-order valence-corrected chi connectivity index (χ4v) is 2.68. The quantitative estimate of drug-likeness (QED) is 0.843. The minimum atomic E-state index is -0.0787. The van der Waals surface area contributed by atoms with Crippen LogP contribution in [0, 0.1) is 0 Å². The first-order chi connectivity index (χ1) is 10.2. The van der Waals surface area contributed by atoms with Crippen LogP contribution in [0.2, 0.25) is 0 Å². The summed E-state index contributed by atoms with van der Waals surface area (Å²) < 4.78 is 7.30. The topological polar surface area (TPSA) is 73.1 Å². The molecule has 0 aromatic carbocycles. The van der Waals surface area contributed by atoms with Crippen molar-refractivity contribution >= 4 is 5.91 Å². The summed E-state index contributed by atoms with van der Waals surface area (Å²) in [5.74, 6) is 0.851. The number of hydrogen-bond donors (Lipinski definition) is 0. The molecule has 7 nitrogen and oxygen atoms in total. The average Bonchev–Trinajstić information content (AvgIpc) is 2.92. The van der Waals surface area contributed by atoms with Crippen LogP contribution in [0.3, 0.4) is 0 Å². The molecule has 0 unspecified atom stereocenters. The molecule has 3 heterocycles. The summed E-state index contributed by atoms with van der Waals surface area (Å²) in [5, 5.41) is 7.46. The van der Waals surface area contributed by atoms with Crippen molar-refractivity contribution in [3.05, 3.63) is 41.7 Å². The number of carbonyl (C=O) groups is 1. The lowest BCUT2D eigenvalue weighted by atomic mass is 10.1. The standard InChI is InChI=1S/C14H17N5O2/c1-10-13-15-8-12(9-21-2)19(13)6-5-18(10)14(20)11-3-4-16-17-7-11/h3-4,7-8,10H,5-6,9H2,1-2H3/t10-/m1/s1. The second-order valence-corrected chi connectivity index (χ2v) is 5.00. The van der Waals surface area contributed by atoms with Crippen LogP contribution in [0.4, 0.5) is 0 Å². The SMILES string of the molecule is COCc1cnc2n1CCN(C(=O)c1ccnnc1)[C@@H]2C. The minimum Gasteiger partial charge on any atom is -0.378 e. The highest BCUT2D eigenvalue weighted by atomic mass is 16.5. The van der Waals surface area contributed by atoms with E-state index >= 15 is 0 Å². The Morgan fingerprint density at radius 1 is 1.38 bits per heavy atom. The molecule has 0 aliphatic carbocycles. The Morgan fingerprint density at radius 2 is 2.24 bits per heavy atom. The summed E-state index contributed by atoms with van der Waals surface area (Å²) >= 11 is 0. The number of nitrogens with zero attached hydrogens (tertiary/aromatic N) is 5. The van der Waals surface area contributed by atoms with Gasteiger partial charge in [0.2, 0.25) is 0 Å². The maximum absolute atomic E-state index is 12.5. The summed E-state index contributed by atoms with van der Waals surface area (Å²) in [6, 6.07) is 1.60. The van der Waals surface area contributed by atoms with Gasteiger partial charge >= 0.3 is 0 Å². The van der Waals surface area contributed by atoms with Crippen LogP contribution in [0.25, 0.3) is 0 Å². The molecule has 0 saturated carbocycles. The normalized spacial score (nSPS) is 17.6. The van der Waals surface area contributed by atoms with Crippen LogP contribution < -0.4 is 0 Å². The van der Waals surface area contributed by atoms with Crippen molar-refractivity contribution in [3.8, 4) is 0 Å². The van der Waals surface area contributed by atoms with Crippen LogP contribution in [0.1, 0.15) is 34.8 Å². The van der Waals surface area contributed by atoms with Gasteiger partial charge in [0.15, 0.2) is 0 Å². The van der Waals surface area contributed by atoms with Gasteiger partial charge in [-0.2, -0.15) is 10.2 Å². The van der Waals surface area contributed by atoms with Gasteiger partial charge in [0.05, 0.1) is 42.5 Å². The molecule has 0 radical (unpaired) electrons. The number of aromatic nitrogens is 4. The Bertz CT molecular complexity index is 640. The highest BCUT2D eigenvalue weighted by Crippen LogP contribution is 2.26. The van der Waals surface area contributed by atoms with E-state index in [-0.39, 0.29) is 11.9 Å². The summed E-state index contributed by atoms with van der Waals surface area (Å²) in [7, 11) is 1.67. The Hall–Kier alpha value is -2.28. The van der Waals surface area contributed by atoms with E-state index in [1.807, 2.05) is 18.0 Å². The fourth-order valence-electron chi connectivity index (χ4n) is 2.68. The first kappa shape index (κ1) is 13.7. The molecule has 0 spiro atoms. The maximum Gasteiger partial charge on any atom is 0.256 e. The van der Waals surface area contributed by atoms with E-state index in [0.29, 0.717) is 18.7 Å². The number of methoxy groups -OCH3 is 1. The number of imidazole rings is 1. The lowest BCUT2D eigenvalue weighted by molar-refractivity contribution is 0.0632. The third-order valence-electron chi connectivity index (χ3n) is 3.76. The van der Waals surface area contributed by atoms with Gasteiger partial charge < -0.3 is 14.2 Å². The molecular formula is C14H17N5O2. The molecule has 1 amide bonds. The first-order valence-corrected chi connectivity index (χ1v) is 6.83. The average molecular weight is 287 g/mol. The molecule has 0 N–H and O–H groups in total. The number of amides is 1. The monoisotopic (exact) mass is 287 g/mol. The molecule has 2 aromatic heterocycles. The van der Waals surface area contributed by atoms with Crippen LogP contribution in [0.15, 0.2) is 24.7 Å². The van der Waals surface area contributed by atoms with E-state index in [1.54, 1.807) is 13.2 Å². The highest BCUT2D eigenvalue weighted by Gasteiger charge is 2.30. The molecule has 0 bridgehead atoms. The number of carbonyl (C=O) groups excluding carboxylic acids is 1. The number of hydrogen-bond acceptors (Lipinski definition) is 5. The third-order valence-corrected chi connectivity index (χ3v) is 3.76. The van der Waals surface area contributed by atoms with Crippen molar-refractivity contribution in [3.63, 3.8) is 0 Å². The molecule has 0 saturated heterocycles. The lowest BCUT2D eigenvalue weighted by Gasteiger charge is -2.34. The molecule has 1 aliphatic heterocycles. The predicted octanol–water partition coefficient (Wildman–Crippen LogP) is 1.04. The van der Waals surface area contributed by atoms with E-state index in [4.69, 9.17) is 4.74 Å². The summed E-state index contributed by atoms with van der Waals surface area (Å²) in [4.78, 5) is 18.8. The van der Waals surface area contributed by atoms with Crippen molar-refractivity contribution < 1.29 is 9.53 Å². The zero-order chi connectivity index (χ0) is 14.8. The maximum atomic E-state index is 12.5. The number of ether oxygens (including phenoxy) is 1. The van der Waals surface area contributed by atoms with Crippen molar-refractivity contribution in [1.29, 1.82) is 0 Å². The zero-order valence-electron chi connectivity index (χ0n) is 12.1. The second kappa shape index (κ2) is 5.61. The van der Waals surface area contributed by atoms with Gasteiger partial charge in [-0.15, -0.1) is 0 Å². The van der Waals surface area contributed by atoms with Crippen LogP contribution in [0.5, 0.6) is 0 Å². The van der Waals surface area contributed by atoms with Crippen LogP contribution in [-0.4, -0.2) is 44.2 Å². The molecule has 110 valence electrons. The van der Waals surface area contributed by atoms with E-state index < -0.39 is 0 Å². The summed E-state index contributed by atoms with van der Waals surface area (Å²) in [5.41, 5.74) is 1.59. The minimum absolute atomic E-state index is 0.0417. The molecular weight excluding hydrogens is 270 g/mol. The van der Waals surface area contributed by atoms with E-state index in [2.05, 4.69) is 19.7 Å². The predicted molar refractivity (Wildman–Crippen MR) is 74.4 cm³/mol. The van der Waals surface area contributed by atoms with Crippen molar-refractivity contribution in [2.24, 2.45) is 0 Å². The van der Waals surface area contributed by atoms with Gasteiger partial charge in [0.25, 0.3) is 5.91 Å². The molecule has 1 aliphatic rings. The summed E-state index contributed by atoms with van der Waals surface area (Å²) in [6.07, 6.45) is 4.84. The van der Waals surface area contributed by atoms with Gasteiger partial charge in [-0.1, -0.05) is 0 Å². The van der Waals surface area contributed by atoms with E-state index in [1.165, 1.54) is 12.4 Å². The zero-order valence-corrected chi connectivity index (χ0v) is 12.1. The van der Waals surface area contributed by atoms with Crippen LogP contribution >= 0.6 is 0 Å². The molecule has 1 atom stereocenters. The van der Waals surface area contributed by atoms with E-state index in [0.717, 1.165) is 18.1 Å².